The second kappa shape index (κ2) is 9.41. The summed E-state index contributed by atoms with van der Waals surface area (Å²) in [6, 6.07) is 32.7. The van der Waals surface area contributed by atoms with Crippen LogP contribution in [0.1, 0.15) is 0 Å². The zero-order chi connectivity index (χ0) is 15.6. The summed E-state index contributed by atoms with van der Waals surface area (Å²) in [5.74, 6) is 0. The number of hydrogen-bond donors (Lipinski definition) is 0. The van der Waals surface area contributed by atoms with Crippen molar-refractivity contribution in [3.63, 3.8) is 0 Å². The number of carbonyl (C=O) groups is 1. The molecule has 0 atom stereocenters. The van der Waals surface area contributed by atoms with Gasteiger partial charge >= 0.3 is 143 Å². The Bertz CT molecular complexity index is 578. The van der Waals surface area contributed by atoms with Crippen molar-refractivity contribution in [1.29, 1.82) is 0 Å². The van der Waals surface area contributed by atoms with Gasteiger partial charge in [-0.15, -0.1) is 0 Å². The van der Waals surface area contributed by atoms with E-state index in [2.05, 4.69) is 91.0 Å². The van der Waals surface area contributed by atoms with E-state index >= 15 is 0 Å². The second-order valence-corrected chi connectivity index (χ2v) is 8.02. The molecule has 0 amide bonds. The first kappa shape index (κ1) is 16.7. The van der Waals surface area contributed by atoms with Crippen LogP contribution in [0.3, 0.4) is 0 Å². The van der Waals surface area contributed by atoms with Gasteiger partial charge in [-0.2, -0.15) is 0 Å². The first-order chi connectivity index (χ1) is 10.9. The minimum atomic E-state index is -1.31. The van der Waals surface area contributed by atoms with Crippen molar-refractivity contribution in [3.05, 3.63) is 91.0 Å². The van der Waals surface area contributed by atoms with Gasteiger partial charge in [0.2, 0.25) is 0 Å². The van der Waals surface area contributed by atoms with Crippen molar-refractivity contribution >= 4 is 28.7 Å². The number of carbonyl (C=O) groups excluding carboxylic acids is 1. The Morgan fingerprint density at radius 2 is 0.818 bits per heavy atom. The average molecular weight is 394 g/mol. The van der Waals surface area contributed by atoms with Gasteiger partial charge in [0, 0.05) is 0 Å². The van der Waals surface area contributed by atoms with Crippen LogP contribution < -0.4 is 15.9 Å². The van der Waals surface area contributed by atoms with Crippen molar-refractivity contribution in [2.75, 3.05) is 0 Å². The van der Waals surface area contributed by atoms with Gasteiger partial charge in [0.15, 0.2) is 0 Å². The Kier molecular flexibility index (Phi) is 7.16. The topological polar surface area (TPSA) is 17.1 Å². The summed E-state index contributed by atoms with van der Waals surface area (Å²) in [5.41, 5.74) is 0. The van der Waals surface area contributed by atoms with Gasteiger partial charge in [-0.3, -0.25) is 0 Å². The molecule has 1 nitrogen and oxygen atoms in total. The molecule has 0 aliphatic heterocycles. The molecule has 0 saturated carbocycles. The Morgan fingerprint density at radius 1 is 0.591 bits per heavy atom. The molecular weight excluding hydrogens is 376 g/mol. The van der Waals surface area contributed by atoms with E-state index in [1.165, 1.54) is 15.9 Å². The molecule has 0 aliphatic rings. The second-order valence-electron chi connectivity index (χ2n) is 4.75. The molecule has 0 N–H and O–H groups in total. The van der Waals surface area contributed by atoms with Gasteiger partial charge < -0.3 is 0 Å². The number of benzene rings is 3. The molecule has 0 fully saturated rings. The fraction of sp³-hybridized carbons (Fsp3) is 0. The van der Waals surface area contributed by atoms with E-state index < -0.39 is 7.92 Å². The molecule has 0 aliphatic carbocycles. The van der Waals surface area contributed by atoms with Gasteiger partial charge in [0.25, 0.3) is 0 Å². The van der Waals surface area contributed by atoms with Crippen molar-refractivity contribution in [1.82, 2.24) is 0 Å². The molecule has 3 aromatic carbocycles. The third-order valence-electron chi connectivity index (χ3n) is 3.40. The summed E-state index contributed by atoms with van der Waals surface area (Å²) in [7, 11) is -1.31. The Labute approximate surface area is 142 Å². The summed E-state index contributed by atoms with van der Waals surface area (Å²) >= 11 is 1.83. The molecule has 0 bridgehead atoms. The summed E-state index contributed by atoms with van der Waals surface area (Å²) in [4.78, 5) is 9.45. The molecule has 0 radical (unpaired) electrons. The van der Waals surface area contributed by atoms with E-state index in [9.17, 15) is 0 Å². The SMILES string of the molecule is O=[CH][Ru].c1ccc([PH2](c2ccccc2)c2ccccc2)cc1. The van der Waals surface area contributed by atoms with Gasteiger partial charge in [-0.1, -0.05) is 0 Å². The third-order valence-corrected chi connectivity index (χ3v) is 6.55. The number of hydrogen-bond acceptors (Lipinski definition) is 1. The van der Waals surface area contributed by atoms with Crippen LogP contribution in [0.4, 0.5) is 0 Å². The van der Waals surface area contributed by atoms with Crippen molar-refractivity contribution in [2.45, 2.75) is 0 Å². The van der Waals surface area contributed by atoms with Crippen LogP contribution in [-0.2, 0) is 23.1 Å². The van der Waals surface area contributed by atoms with Crippen molar-refractivity contribution in [2.24, 2.45) is 0 Å². The molecule has 0 spiro atoms. The Morgan fingerprint density at radius 3 is 1.05 bits per heavy atom. The standard InChI is InChI=1S/C18H17P.CHO.Ru/c1-4-10-16(11-5-1)19(17-12-6-2-7-13-17)18-14-8-3-9-15-18;1-2;/h1-15H,19H2;1H;. The maximum atomic E-state index is 8.77. The summed E-state index contributed by atoms with van der Waals surface area (Å²) in [6.45, 7) is 0. The van der Waals surface area contributed by atoms with Crippen LogP contribution in [0.5, 0.6) is 0 Å². The van der Waals surface area contributed by atoms with Crippen LogP contribution in [0.15, 0.2) is 91.0 Å². The van der Waals surface area contributed by atoms with E-state index in [1.54, 1.807) is 0 Å². The van der Waals surface area contributed by atoms with Crippen LogP contribution in [0.2, 0.25) is 0 Å². The number of rotatable bonds is 3. The average Bonchev–Trinajstić information content (AvgIpc) is 2.59. The summed E-state index contributed by atoms with van der Waals surface area (Å²) < 4.78 is 0. The Balaban J connectivity index is 0.000000545. The predicted molar refractivity (Wildman–Crippen MR) is 94.7 cm³/mol. The van der Waals surface area contributed by atoms with Crippen LogP contribution in [-0.4, -0.2) is 4.88 Å². The Hall–Kier alpha value is -1.62. The van der Waals surface area contributed by atoms with Crippen LogP contribution >= 0.6 is 7.92 Å². The first-order valence-electron chi connectivity index (χ1n) is 7.04. The first-order valence-corrected chi connectivity index (χ1v) is 9.77. The molecule has 0 aromatic heterocycles. The molecule has 3 heteroatoms. The molecule has 0 heterocycles. The quantitative estimate of drug-likeness (QED) is 0.379. The fourth-order valence-corrected chi connectivity index (χ4v) is 5.49. The fourth-order valence-electron chi connectivity index (χ4n) is 2.51. The maximum absolute atomic E-state index is 8.77. The van der Waals surface area contributed by atoms with Crippen LogP contribution in [0.25, 0.3) is 0 Å². The van der Waals surface area contributed by atoms with E-state index in [4.69, 9.17) is 4.79 Å². The third kappa shape index (κ3) is 4.70. The van der Waals surface area contributed by atoms with Gasteiger partial charge in [0.1, 0.15) is 0 Å². The van der Waals surface area contributed by atoms with Gasteiger partial charge in [-0.05, 0) is 0 Å². The molecule has 113 valence electrons. The van der Waals surface area contributed by atoms with Gasteiger partial charge in [-0.25, -0.2) is 0 Å². The van der Waals surface area contributed by atoms with Crippen LogP contribution in [0, 0.1) is 0 Å². The summed E-state index contributed by atoms with van der Waals surface area (Å²) in [6.07, 6.45) is 0. The minimum absolute atomic E-state index is 0.680. The zero-order valence-electron chi connectivity index (χ0n) is 12.1. The molecular formula is C19H18OPRu. The van der Waals surface area contributed by atoms with Crippen molar-refractivity contribution in [3.8, 4) is 0 Å². The molecule has 3 aromatic rings. The van der Waals surface area contributed by atoms with E-state index in [-0.39, 0.29) is 0 Å². The van der Waals surface area contributed by atoms with Crippen molar-refractivity contribution < 1.29 is 23.1 Å². The van der Waals surface area contributed by atoms with E-state index in [0.717, 1.165) is 0 Å². The normalized spacial score (nSPS) is 10.1. The monoisotopic (exact) mass is 395 g/mol. The molecule has 0 saturated heterocycles. The zero-order valence-corrected chi connectivity index (χ0v) is 15.0. The summed E-state index contributed by atoms with van der Waals surface area (Å²) in [5, 5.41) is 4.42. The van der Waals surface area contributed by atoms with E-state index in [1.807, 2.05) is 18.3 Å². The predicted octanol–water partition coefficient (Wildman–Crippen LogP) is 2.63. The molecule has 0 unspecified atom stereocenters. The molecule has 3 rings (SSSR count). The molecule has 22 heavy (non-hydrogen) atoms. The van der Waals surface area contributed by atoms with E-state index in [0.29, 0.717) is 4.88 Å². The van der Waals surface area contributed by atoms with Gasteiger partial charge in [0.05, 0.1) is 0 Å².